The lowest BCUT2D eigenvalue weighted by Gasteiger charge is -2.21. The van der Waals surface area contributed by atoms with Gasteiger partial charge in [-0.3, -0.25) is 9.10 Å². The van der Waals surface area contributed by atoms with Crippen LogP contribution in [0.25, 0.3) is 0 Å². The van der Waals surface area contributed by atoms with Crippen LogP contribution in [0.3, 0.4) is 0 Å². The fourth-order valence-corrected chi connectivity index (χ4v) is 2.76. The van der Waals surface area contributed by atoms with E-state index in [1.165, 1.54) is 24.4 Å². The largest absolute Gasteiger partial charge is 0.271 e. The first-order valence-electron chi connectivity index (χ1n) is 6.96. The minimum absolute atomic E-state index is 0.0692. The Balaban J connectivity index is 2.07. The summed E-state index contributed by atoms with van der Waals surface area (Å²) >= 11 is 0. The molecule has 0 aliphatic heterocycles. The summed E-state index contributed by atoms with van der Waals surface area (Å²) in [4.78, 5) is 11.9. The van der Waals surface area contributed by atoms with Crippen LogP contribution in [0.1, 0.15) is 5.56 Å². The van der Waals surface area contributed by atoms with Gasteiger partial charge in [0.1, 0.15) is 12.4 Å². The van der Waals surface area contributed by atoms with Gasteiger partial charge in [-0.25, -0.2) is 18.2 Å². The summed E-state index contributed by atoms with van der Waals surface area (Å²) < 4.78 is 37.8. The predicted octanol–water partition coefficient (Wildman–Crippen LogP) is 1.74. The third-order valence-electron chi connectivity index (χ3n) is 2.99. The average molecular weight is 349 g/mol. The minimum Gasteiger partial charge on any atom is -0.271 e. The zero-order chi connectivity index (χ0) is 17.6. The Hall–Kier alpha value is -2.74. The first-order valence-corrected chi connectivity index (χ1v) is 8.81. The van der Waals surface area contributed by atoms with E-state index in [0.717, 1.165) is 22.2 Å². The molecule has 0 saturated heterocycles. The lowest BCUT2D eigenvalue weighted by molar-refractivity contribution is -0.119. The summed E-state index contributed by atoms with van der Waals surface area (Å²) in [5, 5.41) is 3.77. The third-order valence-corrected chi connectivity index (χ3v) is 4.13. The summed E-state index contributed by atoms with van der Waals surface area (Å²) in [5.41, 5.74) is 3.10. The van der Waals surface area contributed by atoms with Crippen LogP contribution in [0.15, 0.2) is 59.7 Å². The standard InChI is InChI=1S/C16H16FN3O3S/c1-24(22,23)20(15-9-5-8-14(17)10-15)12-16(21)19-18-11-13-6-3-2-4-7-13/h2-11H,12H2,1H3,(H,19,21)/b18-11-. The summed E-state index contributed by atoms with van der Waals surface area (Å²) in [6.45, 7) is -0.506. The molecule has 0 fully saturated rings. The summed E-state index contributed by atoms with van der Waals surface area (Å²) in [6.07, 6.45) is 2.38. The maximum atomic E-state index is 13.3. The molecular weight excluding hydrogens is 333 g/mol. The highest BCUT2D eigenvalue weighted by molar-refractivity contribution is 7.92. The Labute approximate surface area is 139 Å². The van der Waals surface area contributed by atoms with Crippen LogP contribution in [-0.2, 0) is 14.8 Å². The van der Waals surface area contributed by atoms with Gasteiger partial charge in [-0.15, -0.1) is 0 Å². The lowest BCUT2D eigenvalue weighted by atomic mass is 10.2. The molecule has 2 aromatic carbocycles. The molecular formula is C16H16FN3O3S. The predicted molar refractivity (Wildman–Crippen MR) is 90.8 cm³/mol. The highest BCUT2D eigenvalue weighted by Gasteiger charge is 2.21. The van der Waals surface area contributed by atoms with Gasteiger partial charge in [-0.05, 0) is 23.8 Å². The maximum Gasteiger partial charge on any atom is 0.260 e. The van der Waals surface area contributed by atoms with Crippen LogP contribution in [0, 0.1) is 5.82 Å². The van der Waals surface area contributed by atoms with E-state index >= 15 is 0 Å². The highest BCUT2D eigenvalue weighted by atomic mass is 32.2. The van der Waals surface area contributed by atoms with E-state index in [9.17, 15) is 17.6 Å². The number of carbonyl (C=O) groups is 1. The second-order valence-electron chi connectivity index (χ2n) is 4.95. The zero-order valence-electron chi connectivity index (χ0n) is 12.9. The van der Waals surface area contributed by atoms with Gasteiger partial charge in [-0.2, -0.15) is 5.10 Å². The second kappa shape index (κ2) is 7.69. The van der Waals surface area contributed by atoms with Crippen molar-refractivity contribution in [2.75, 3.05) is 17.1 Å². The van der Waals surface area contributed by atoms with Crippen molar-refractivity contribution in [2.45, 2.75) is 0 Å². The molecule has 0 unspecified atom stereocenters. The SMILES string of the molecule is CS(=O)(=O)N(CC(=O)N/N=C\c1ccccc1)c1cccc(F)c1. The molecule has 0 aromatic heterocycles. The summed E-state index contributed by atoms with van der Waals surface area (Å²) in [7, 11) is -3.75. The van der Waals surface area contributed by atoms with E-state index in [1.54, 1.807) is 12.1 Å². The van der Waals surface area contributed by atoms with Crippen molar-refractivity contribution >= 4 is 27.8 Å². The van der Waals surface area contributed by atoms with Crippen molar-refractivity contribution in [1.82, 2.24) is 5.43 Å². The third kappa shape index (κ3) is 5.17. The molecule has 0 spiro atoms. The van der Waals surface area contributed by atoms with Crippen LogP contribution in [-0.4, -0.2) is 33.3 Å². The Morgan fingerprint density at radius 2 is 1.92 bits per heavy atom. The molecule has 2 aromatic rings. The number of hydrogen-bond donors (Lipinski definition) is 1. The van der Waals surface area contributed by atoms with Crippen molar-refractivity contribution in [3.05, 3.63) is 66.0 Å². The summed E-state index contributed by atoms with van der Waals surface area (Å²) in [6, 6.07) is 14.1. The molecule has 0 radical (unpaired) electrons. The molecule has 0 aliphatic carbocycles. The maximum absolute atomic E-state index is 13.3. The van der Waals surface area contributed by atoms with Crippen molar-refractivity contribution < 1.29 is 17.6 Å². The molecule has 0 bridgehead atoms. The summed E-state index contributed by atoms with van der Waals surface area (Å²) in [5.74, 6) is -1.24. The number of rotatable bonds is 6. The zero-order valence-corrected chi connectivity index (χ0v) is 13.7. The molecule has 126 valence electrons. The molecule has 0 heterocycles. The number of anilines is 1. The van der Waals surface area contributed by atoms with Crippen LogP contribution in [0.2, 0.25) is 0 Å². The van der Waals surface area contributed by atoms with Crippen molar-refractivity contribution in [1.29, 1.82) is 0 Å². The molecule has 1 amide bonds. The van der Waals surface area contributed by atoms with Gasteiger partial charge >= 0.3 is 0 Å². The van der Waals surface area contributed by atoms with E-state index < -0.39 is 28.3 Å². The number of halogens is 1. The van der Waals surface area contributed by atoms with E-state index in [4.69, 9.17) is 0 Å². The first-order chi connectivity index (χ1) is 11.4. The molecule has 0 saturated carbocycles. The van der Waals surface area contributed by atoms with Crippen LogP contribution < -0.4 is 9.73 Å². The minimum atomic E-state index is -3.75. The average Bonchev–Trinajstić information content (AvgIpc) is 2.52. The number of sulfonamides is 1. The topological polar surface area (TPSA) is 78.8 Å². The second-order valence-corrected chi connectivity index (χ2v) is 6.86. The van der Waals surface area contributed by atoms with Crippen LogP contribution in [0.5, 0.6) is 0 Å². The number of hydrogen-bond acceptors (Lipinski definition) is 4. The number of amides is 1. The van der Waals surface area contributed by atoms with Gasteiger partial charge in [0.15, 0.2) is 0 Å². The Morgan fingerprint density at radius 3 is 2.54 bits per heavy atom. The lowest BCUT2D eigenvalue weighted by Crippen LogP contribution is -2.39. The van der Waals surface area contributed by atoms with Crippen molar-refractivity contribution in [3.8, 4) is 0 Å². The molecule has 0 atom stereocenters. The molecule has 0 aliphatic rings. The number of nitrogens with one attached hydrogen (secondary N) is 1. The van der Waals surface area contributed by atoms with Crippen molar-refractivity contribution in [3.63, 3.8) is 0 Å². The molecule has 2 rings (SSSR count). The van der Waals surface area contributed by atoms with Crippen LogP contribution in [0.4, 0.5) is 10.1 Å². The molecule has 24 heavy (non-hydrogen) atoms. The van der Waals surface area contributed by atoms with E-state index in [2.05, 4.69) is 10.5 Å². The van der Waals surface area contributed by atoms with Gasteiger partial charge in [0, 0.05) is 0 Å². The van der Waals surface area contributed by atoms with Crippen LogP contribution >= 0.6 is 0 Å². The first kappa shape index (κ1) is 17.6. The fraction of sp³-hybridized carbons (Fsp3) is 0.125. The smallest absolute Gasteiger partial charge is 0.260 e. The number of hydrazone groups is 1. The number of carbonyl (C=O) groups excluding carboxylic acids is 1. The van der Waals surface area contributed by atoms with Gasteiger partial charge in [0.2, 0.25) is 10.0 Å². The quantitative estimate of drug-likeness (QED) is 0.637. The van der Waals surface area contributed by atoms with E-state index in [1.807, 2.05) is 18.2 Å². The Bertz CT molecular complexity index is 839. The van der Waals surface area contributed by atoms with Gasteiger partial charge < -0.3 is 0 Å². The Morgan fingerprint density at radius 1 is 1.21 bits per heavy atom. The van der Waals surface area contributed by atoms with Gasteiger partial charge in [0.25, 0.3) is 5.91 Å². The van der Waals surface area contributed by atoms with E-state index in [0.29, 0.717) is 0 Å². The van der Waals surface area contributed by atoms with E-state index in [-0.39, 0.29) is 5.69 Å². The normalized spacial score (nSPS) is 11.4. The fourth-order valence-electron chi connectivity index (χ4n) is 1.91. The van der Waals surface area contributed by atoms with Crippen molar-refractivity contribution in [2.24, 2.45) is 5.10 Å². The van der Waals surface area contributed by atoms with Gasteiger partial charge in [0.05, 0.1) is 18.2 Å². The number of nitrogens with zero attached hydrogens (tertiary/aromatic N) is 2. The number of benzene rings is 2. The Kier molecular flexibility index (Phi) is 5.64. The monoisotopic (exact) mass is 349 g/mol. The highest BCUT2D eigenvalue weighted by Crippen LogP contribution is 2.18. The molecule has 6 nitrogen and oxygen atoms in total. The molecule has 8 heteroatoms. The van der Waals surface area contributed by atoms with Gasteiger partial charge in [-0.1, -0.05) is 36.4 Å². The molecule has 1 N–H and O–H groups in total.